The Morgan fingerprint density at radius 3 is 2.21 bits per heavy atom. The Bertz CT molecular complexity index is 334. The van der Waals surface area contributed by atoms with Gasteiger partial charge in [-0.05, 0) is 31.6 Å². The molecule has 1 saturated heterocycles. The van der Waals surface area contributed by atoms with E-state index in [-0.39, 0.29) is 17.7 Å². The predicted molar refractivity (Wildman–Crippen MR) is 77.5 cm³/mol. The summed E-state index contributed by atoms with van der Waals surface area (Å²) in [7, 11) is -3.23. The maximum atomic E-state index is 12.4. The summed E-state index contributed by atoms with van der Waals surface area (Å²) in [5.41, 5.74) is 6.10. The molecule has 0 saturated carbocycles. The molecule has 1 unspecified atom stereocenters. The molecular weight excluding hydrogens is 264 g/mol. The number of nitrogens with zero attached hydrogens (tertiary/aromatic N) is 1. The Kier molecular flexibility index (Phi) is 7.28. The molecule has 5 nitrogen and oxygen atoms in total. The molecule has 1 atom stereocenters. The van der Waals surface area contributed by atoms with Gasteiger partial charge in [0.2, 0.25) is 10.0 Å². The number of nitrogens with two attached hydrogens (primary N) is 1. The summed E-state index contributed by atoms with van der Waals surface area (Å²) in [6.07, 6.45) is 3.42. The van der Waals surface area contributed by atoms with Crippen LogP contribution >= 0.6 is 0 Å². The fourth-order valence-corrected chi connectivity index (χ4v) is 4.41. The van der Waals surface area contributed by atoms with Crippen LogP contribution < -0.4 is 5.73 Å². The van der Waals surface area contributed by atoms with E-state index in [1.807, 2.05) is 13.8 Å². The fourth-order valence-electron chi connectivity index (χ4n) is 2.52. The van der Waals surface area contributed by atoms with Gasteiger partial charge in [0.05, 0.1) is 5.75 Å². The highest BCUT2D eigenvalue weighted by atomic mass is 32.2. The van der Waals surface area contributed by atoms with E-state index in [1.54, 1.807) is 4.31 Å². The third-order valence-electron chi connectivity index (χ3n) is 3.61. The van der Waals surface area contributed by atoms with Gasteiger partial charge in [-0.1, -0.05) is 13.8 Å². The summed E-state index contributed by atoms with van der Waals surface area (Å²) < 4.78 is 31.6. The van der Waals surface area contributed by atoms with Crippen molar-refractivity contribution in [3.05, 3.63) is 0 Å². The van der Waals surface area contributed by atoms with Crippen molar-refractivity contribution in [1.82, 2.24) is 4.31 Å². The first-order valence-electron chi connectivity index (χ1n) is 7.32. The van der Waals surface area contributed by atoms with E-state index in [0.717, 1.165) is 25.7 Å². The van der Waals surface area contributed by atoms with Crippen LogP contribution in [0.5, 0.6) is 0 Å². The molecule has 0 aromatic carbocycles. The Hall–Kier alpha value is -0.170. The average Bonchev–Trinajstić information content (AvgIpc) is 2.39. The Labute approximate surface area is 117 Å². The minimum Gasteiger partial charge on any atom is -0.381 e. The highest BCUT2D eigenvalue weighted by Gasteiger charge is 2.28. The summed E-state index contributed by atoms with van der Waals surface area (Å²) in [6.45, 7) is 6.58. The van der Waals surface area contributed by atoms with Gasteiger partial charge in [0.1, 0.15) is 0 Å². The van der Waals surface area contributed by atoms with Crippen molar-refractivity contribution < 1.29 is 13.2 Å². The second-order valence-corrected chi connectivity index (χ2v) is 7.30. The van der Waals surface area contributed by atoms with Gasteiger partial charge >= 0.3 is 0 Å². The van der Waals surface area contributed by atoms with Gasteiger partial charge in [0, 0.05) is 32.3 Å². The Morgan fingerprint density at radius 2 is 1.74 bits per heavy atom. The smallest absolute Gasteiger partial charge is 0.215 e. The Balaban J connectivity index is 2.59. The van der Waals surface area contributed by atoms with Crippen LogP contribution in [0, 0.1) is 5.92 Å². The number of hydrogen-bond acceptors (Lipinski definition) is 4. The van der Waals surface area contributed by atoms with Crippen LogP contribution in [-0.2, 0) is 14.8 Å². The van der Waals surface area contributed by atoms with Crippen LogP contribution in [0.2, 0.25) is 0 Å². The van der Waals surface area contributed by atoms with Gasteiger partial charge in [-0.15, -0.1) is 0 Å². The summed E-state index contributed by atoms with van der Waals surface area (Å²) in [5, 5.41) is 0. The largest absolute Gasteiger partial charge is 0.381 e. The molecule has 2 N–H and O–H groups in total. The van der Waals surface area contributed by atoms with Crippen molar-refractivity contribution >= 4 is 10.0 Å². The number of hydrogen-bond donors (Lipinski definition) is 1. The van der Waals surface area contributed by atoms with E-state index in [1.165, 1.54) is 0 Å². The second-order valence-electron chi connectivity index (χ2n) is 5.29. The van der Waals surface area contributed by atoms with Gasteiger partial charge in [-0.2, -0.15) is 0 Å². The minimum atomic E-state index is -3.23. The summed E-state index contributed by atoms with van der Waals surface area (Å²) >= 11 is 0. The van der Waals surface area contributed by atoms with Crippen molar-refractivity contribution in [3.8, 4) is 0 Å². The van der Waals surface area contributed by atoms with E-state index in [2.05, 4.69) is 0 Å². The highest BCUT2D eigenvalue weighted by molar-refractivity contribution is 7.89. The van der Waals surface area contributed by atoms with E-state index >= 15 is 0 Å². The van der Waals surface area contributed by atoms with E-state index in [9.17, 15) is 8.42 Å². The summed E-state index contributed by atoms with van der Waals surface area (Å²) in [4.78, 5) is 0. The lowest BCUT2D eigenvalue weighted by molar-refractivity contribution is 0.0605. The molecule has 0 aliphatic carbocycles. The van der Waals surface area contributed by atoms with Crippen LogP contribution in [0.15, 0.2) is 0 Å². The third kappa shape index (κ3) is 5.38. The Morgan fingerprint density at radius 1 is 1.21 bits per heavy atom. The SMILES string of the molecule is CCCN(CCC)S(=O)(=O)CC(N)C1CCOCC1. The van der Waals surface area contributed by atoms with E-state index in [4.69, 9.17) is 10.5 Å². The molecule has 1 aliphatic rings. The molecule has 114 valence electrons. The first kappa shape index (κ1) is 16.9. The topological polar surface area (TPSA) is 72.6 Å². The monoisotopic (exact) mass is 292 g/mol. The van der Waals surface area contributed by atoms with E-state index in [0.29, 0.717) is 26.3 Å². The maximum absolute atomic E-state index is 12.4. The molecule has 0 radical (unpaired) electrons. The molecule has 0 aromatic rings. The number of sulfonamides is 1. The first-order valence-corrected chi connectivity index (χ1v) is 8.93. The van der Waals surface area contributed by atoms with Gasteiger partial charge in [-0.25, -0.2) is 12.7 Å². The zero-order valence-corrected chi connectivity index (χ0v) is 13.0. The lowest BCUT2D eigenvalue weighted by Crippen LogP contribution is -2.45. The molecule has 1 rings (SSSR count). The zero-order valence-electron chi connectivity index (χ0n) is 12.2. The average molecular weight is 292 g/mol. The van der Waals surface area contributed by atoms with Gasteiger partial charge < -0.3 is 10.5 Å². The second kappa shape index (κ2) is 8.19. The first-order chi connectivity index (χ1) is 9.01. The summed E-state index contributed by atoms with van der Waals surface area (Å²) in [6, 6.07) is -0.273. The van der Waals surface area contributed by atoms with E-state index < -0.39 is 10.0 Å². The molecule has 0 aromatic heterocycles. The highest BCUT2D eigenvalue weighted by Crippen LogP contribution is 2.19. The molecule has 1 fully saturated rings. The molecule has 1 heterocycles. The van der Waals surface area contributed by atoms with Crippen LogP contribution in [0.3, 0.4) is 0 Å². The minimum absolute atomic E-state index is 0.0671. The molecule has 19 heavy (non-hydrogen) atoms. The molecular formula is C13H28N2O3S. The van der Waals surface area contributed by atoms with Crippen molar-refractivity contribution in [2.24, 2.45) is 11.7 Å². The van der Waals surface area contributed by atoms with Crippen LogP contribution in [0.1, 0.15) is 39.5 Å². The number of ether oxygens (including phenoxy) is 1. The molecule has 0 bridgehead atoms. The molecule has 0 amide bonds. The lowest BCUT2D eigenvalue weighted by Gasteiger charge is -2.29. The molecule has 6 heteroatoms. The normalized spacial score (nSPS) is 19.8. The third-order valence-corrected chi connectivity index (χ3v) is 5.57. The quantitative estimate of drug-likeness (QED) is 0.729. The number of rotatable bonds is 8. The van der Waals surface area contributed by atoms with Crippen LogP contribution in [0.25, 0.3) is 0 Å². The molecule has 0 spiro atoms. The van der Waals surface area contributed by atoms with Crippen molar-refractivity contribution in [3.63, 3.8) is 0 Å². The fraction of sp³-hybridized carbons (Fsp3) is 1.00. The standard InChI is InChI=1S/C13H28N2O3S/c1-3-7-15(8-4-2)19(16,17)11-13(14)12-5-9-18-10-6-12/h12-13H,3-11,14H2,1-2H3. The zero-order chi connectivity index (χ0) is 14.3. The molecule has 1 aliphatic heterocycles. The van der Waals surface area contributed by atoms with Gasteiger partial charge in [0.25, 0.3) is 0 Å². The van der Waals surface area contributed by atoms with Crippen LogP contribution in [0.4, 0.5) is 0 Å². The van der Waals surface area contributed by atoms with Crippen molar-refractivity contribution in [2.45, 2.75) is 45.6 Å². The maximum Gasteiger partial charge on any atom is 0.215 e. The van der Waals surface area contributed by atoms with Crippen LogP contribution in [-0.4, -0.2) is 50.8 Å². The van der Waals surface area contributed by atoms with Gasteiger partial charge in [-0.3, -0.25) is 0 Å². The van der Waals surface area contributed by atoms with Crippen molar-refractivity contribution in [1.29, 1.82) is 0 Å². The predicted octanol–water partition coefficient (Wildman–Crippen LogP) is 1.19. The summed E-state index contributed by atoms with van der Waals surface area (Å²) in [5.74, 6) is 0.339. The van der Waals surface area contributed by atoms with Crippen molar-refractivity contribution in [2.75, 3.05) is 32.1 Å². The lowest BCUT2D eigenvalue weighted by atomic mass is 9.94. The van der Waals surface area contributed by atoms with Gasteiger partial charge in [0.15, 0.2) is 0 Å².